The van der Waals surface area contributed by atoms with Gasteiger partial charge in [-0.2, -0.15) is 0 Å². The second-order valence-electron chi connectivity index (χ2n) is 6.58. The highest BCUT2D eigenvalue weighted by molar-refractivity contribution is 5.77. The van der Waals surface area contributed by atoms with Crippen molar-refractivity contribution < 1.29 is 17.9 Å². The van der Waals surface area contributed by atoms with Crippen LogP contribution in [0.3, 0.4) is 0 Å². The lowest BCUT2D eigenvalue weighted by molar-refractivity contribution is 0.403. The first-order chi connectivity index (χ1) is 11.2. The minimum Gasteiger partial charge on any atom is -0.451 e. The second-order valence-corrected chi connectivity index (χ2v) is 6.58. The van der Waals surface area contributed by atoms with E-state index in [4.69, 9.17) is 9.15 Å². The normalized spacial score (nSPS) is 11.7. The molecule has 0 bridgehead atoms. The summed E-state index contributed by atoms with van der Waals surface area (Å²) in [6, 6.07) is 10.1. The maximum absolute atomic E-state index is 14.3. The van der Waals surface area contributed by atoms with Crippen molar-refractivity contribution in [3.8, 4) is 11.5 Å². The van der Waals surface area contributed by atoms with Crippen molar-refractivity contribution >= 4 is 11.0 Å². The molecule has 3 aromatic rings. The van der Waals surface area contributed by atoms with Gasteiger partial charge >= 0.3 is 5.63 Å². The fraction of sp³-hybridized carbons (Fsp3) is 0.211. The van der Waals surface area contributed by atoms with Crippen molar-refractivity contribution in [2.24, 2.45) is 0 Å². The predicted octanol–water partition coefficient (Wildman–Crippen LogP) is 5.16. The van der Waals surface area contributed by atoms with Crippen LogP contribution in [-0.2, 0) is 5.41 Å². The summed E-state index contributed by atoms with van der Waals surface area (Å²) < 4.78 is 38.9. The van der Waals surface area contributed by atoms with Gasteiger partial charge in [0.2, 0.25) is 0 Å². The third-order valence-corrected chi connectivity index (χ3v) is 3.68. The molecule has 0 aliphatic rings. The van der Waals surface area contributed by atoms with Crippen molar-refractivity contribution in [1.82, 2.24) is 0 Å². The van der Waals surface area contributed by atoms with Gasteiger partial charge < -0.3 is 9.15 Å². The number of benzene rings is 2. The Morgan fingerprint density at radius 2 is 1.58 bits per heavy atom. The zero-order valence-corrected chi connectivity index (χ0v) is 13.5. The first-order valence-corrected chi connectivity index (χ1v) is 7.45. The number of hydrogen-bond acceptors (Lipinski definition) is 3. The highest BCUT2D eigenvalue weighted by Crippen LogP contribution is 2.33. The molecule has 0 saturated carbocycles. The molecule has 0 aliphatic heterocycles. The van der Waals surface area contributed by atoms with Crippen molar-refractivity contribution in [3.05, 3.63) is 70.1 Å². The van der Waals surface area contributed by atoms with E-state index in [1.807, 2.05) is 20.8 Å². The molecular weight excluding hydrogens is 314 g/mol. The molecular formula is C19H16F2O3. The molecule has 1 aromatic heterocycles. The molecule has 0 unspecified atom stereocenters. The summed E-state index contributed by atoms with van der Waals surface area (Å²) in [5.74, 6) is -1.87. The molecule has 0 fully saturated rings. The summed E-state index contributed by atoms with van der Waals surface area (Å²) in [6.45, 7) is 5.60. The summed E-state index contributed by atoms with van der Waals surface area (Å²) in [6.07, 6.45) is 0. The molecule has 0 amide bonds. The van der Waals surface area contributed by atoms with Crippen LogP contribution in [0.25, 0.3) is 11.0 Å². The predicted molar refractivity (Wildman–Crippen MR) is 87.6 cm³/mol. The number of ether oxygens (including phenoxy) is 1. The Labute approximate surface area is 137 Å². The Morgan fingerprint density at radius 3 is 2.21 bits per heavy atom. The van der Waals surface area contributed by atoms with E-state index >= 15 is 0 Å². The molecule has 2 aromatic carbocycles. The second kappa shape index (κ2) is 5.74. The van der Waals surface area contributed by atoms with Gasteiger partial charge in [0, 0.05) is 17.5 Å². The average molecular weight is 330 g/mol. The van der Waals surface area contributed by atoms with Gasteiger partial charge in [-0.1, -0.05) is 20.8 Å². The lowest BCUT2D eigenvalue weighted by Gasteiger charge is -2.20. The average Bonchev–Trinajstić information content (AvgIpc) is 2.49. The van der Waals surface area contributed by atoms with Crippen molar-refractivity contribution in [3.63, 3.8) is 0 Å². The molecule has 1 heterocycles. The Balaban J connectivity index is 2.01. The molecule has 0 atom stereocenters. The Kier molecular flexibility index (Phi) is 3.87. The van der Waals surface area contributed by atoms with Crippen LogP contribution < -0.4 is 10.4 Å². The minimum absolute atomic E-state index is 0.179. The molecule has 0 N–H and O–H groups in total. The Hall–Kier alpha value is -2.69. The van der Waals surface area contributed by atoms with Crippen LogP contribution in [-0.4, -0.2) is 0 Å². The topological polar surface area (TPSA) is 39.4 Å². The van der Waals surface area contributed by atoms with Crippen molar-refractivity contribution in [2.75, 3.05) is 0 Å². The highest BCUT2D eigenvalue weighted by Gasteiger charge is 2.20. The zero-order chi connectivity index (χ0) is 17.5. The SMILES string of the molecule is CC(C)(C)c1cc(F)c(Oc2ccc3ccc(=O)oc3c2)c(F)c1. The largest absolute Gasteiger partial charge is 0.451 e. The first kappa shape index (κ1) is 16.2. The first-order valence-electron chi connectivity index (χ1n) is 7.45. The Morgan fingerprint density at radius 1 is 0.958 bits per heavy atom. The lowest BCUT2D eigenvalue weighted by atomic mass is 9.87. The molecule has 0 aliphatic carbocycles. The van der Waals surface area contributed by atoms with E-state index in [2.05, 4.69) is 0 Å². The molecule has 0 saturated heterocycles. The molecule has 24 heavy (non-hydrogen) atoms. The van der Waals surface area contributed by atoms with Crippen LogP contribution in [0.4, 0.5) is 8.78 Å². The fourth-order valence-electron chi connectivity index (χ4n) is 2.31. The standard InChI is InChI=1S/C19H16F2O3/c1-19(2,3)12-8-14(20)18(15(21)9-12)23-13-6-4-11-5-7-17(22)24-16(11)10-13/h4-10H,1-3H3. The van der Waals surface area contributed by atoms with Crippen LogP contribution in [0, 0.1) is 11.6 Å². The fourth-order valence-corrected chi connectivity index (χ4v) is 2.31. The summed E-state index contributed by atoms with van der Waals surface area (Å²) in [4.78, 5) is 11.3. The molecule has 3 rings (SSSR count). The van der Waals surface area contributed by atoms with E-state index in [-0.39, 0.29) is 16.7 Å². The van der Waals surface area contributed by atoms with Gasteiger partial charge in [-0.15, -0.1) is 0 Å². The number of rotatable bonds is 2. The minimum atomic E-state index is -0.783. The van der Waals surface area contributed by atoms with E-state index in [0.717, 1.165) is 0 Å². The number of fused-ring (bicyclic) bond motifs is 1. The maximum Gasteiger partial charge on any atom is 0.336 e. The molecule has 5 heteroatoms. The van der Waals surface area contributed by atoms with Crippen LogP contribution in [0.1, 0.15) is 26.3 Å². The van der Waals surface area contributed by atoms with Gasteiger partial charge in [0.1, 0.15) is 11.3 Å². The molecule has 0 spiro atoms. The van der Waals surface area contributed by atoms with E-state index in [1.165, 1.54) is 24.3 Å². The van der Waals surface area contributed by atoms with Gasteiger partial charge in [0.15, 0.2) is 17.4 Å². The molecule has 124 valence electrons. The van der Waals surface area contributed by atoms with Gasteiger partial charge in [0.25, 0.3) is 0 Å². The summed E-state index contributed by atoms with van der Waals surface area (Å²) >= 11 is 0. The van der Waals surface area contributed by atoms with E-state index in [0.29, 0.717) is 10.9 Å². The maximum atomic E-state index is 14.3. The van der Waals surface area contributed by atoms with Crippen LogP contribution in [0.15, 0.2) is 51.7 Å². The van der Waals surface area contributed by atoms with E-state index in [9.17, 15) is 13.6 Å². The lowest BCUT2D eigenvalue weighted by Crippen LogP contribution is -2.12. The molecule has 0 radical (unpaired) electrons. The van der Waals surface area contributed by atoms with Crippen molar-refractivity contribution in [2.45, 2.75) is 26.2 Å². The quantitative estimate of drug-likeness (QED) is 0.609. The monoisotopic (exact) mass is 330 g/mol. The molecule has 3 nitrogen and oxygen atoms in total. The number of hydrogen-bond donors (Lipinski definition) is 0. The zero-order valence-electron chi connectivity index (χ0n) is 13.5. The Bertz CT molecular complexity index is 945. The number of halogens is 2. The van der Waals surface area contributed by atoms with Gasteiger partial charge in [-0.3, -0.25) is 0 Å². The summed E-state index contributed by atoms with van der Waals surface area (Å²) in [5.41, 5.74) is -0.0694. The van der Waals surface area contributed by atoms with Gasteiger partial charge in [-0.25, -0.2) is 13.6 Å². The van der Waals surface area contributed by atoms with Crippen molar-refractivity contribution in [1.29, 1.82) is 0 Å². The summed E-state index contributed by atoms with van der Waals surface area (Å²) in [5, 5.41) is 0.686. The van der Waals surface area contributed by atoms with Crippen LogP contribution in [0.5, 0.6) is 11.5 Å². The van der Waals surface area contributed by atoms with E-state index in [1.54, 1.807) is 18.2 Å². The summed E-state index contributed by atoms with van der Waals surface area (Å²) in [7, 11) is 0. The third-order valence-electron chi connectivity index (χ3n) is 3.68. The van der Waals surface area contributed by atoms with Crippen LogP contribution >= 0.6 is 0 Å². The third kappa shape index (κ3) is 3.15. The smallest absolute Gasteiger partial charge is 0.336 e. The van der Waals surface area contributed by atoms with Gasteiger partial charge in [-0.05, 0) is 41.3 Å². The van der Waals surface area contributed by atoms with Gasteiger partial charge in [0.05, 0.1) is 0 Å². The van der Waals surface area contributed by atoms with E-state index < -0.39 is 23.0 Å². The highest BCUT2D eigenvalue weighted by atomic mass is 19.1. The van der Waals surface area contributed by atoms with Crippen LogP contribution in [0.2, 0.25) is 0 Å².